The fraction of sp³-hybridized carbons (Fsp3) is 0.647. The minimum absolute atomic E-state index is 0.185. The molecule has 1 fully saturated rings. The first kappa shape index (κ1) is 14.9. The smallest absolute Gasteiger partial charge is 0.0792 e. The summed E-state index contributed by atoms with van der Waals surface area (Å²) >= 11 is 2.04. The molecule has 1 atom stereocenters. The highest BCUT2D eigenvalue weighted by Gasteiger charge is 2.19. The minimum Gasteiger partial charge on any atom is -0.388 e. The molecule has 0 radical (unpaired) electrons. The standard InChI is InChI=1S/C17H26OS/c1-17(2,3)15-6-4-14(5-7-15)16(18)12-13-8-10-19-11-9-13/h4-7,13,16,18H,8-12H2,1-3H3. The molecule has 0 amide bonds. The molecule has 0 saturated carbocycles. The van der Waals surface area contributed by atoms with Crippen LogP contribution in [-0.2, 0) is 5.41 Å². The van der Waals surface area contributed by atoms with Crippen LogP contribution in [0.3, 0.4) is 0 Å². The summed E-state index contributed by atoms with van der Waals surface area (Å²) in [7, 11) is 0. The summed E-state index contributed by atoms with van der Waals surface area (Å²) in [6.07, 6.45) is 3.17. The van der Waals surface area contributed by atoms with Crippen molar-refractivity contribution < 1.29 is 5.11 Å². The summed E-state index contributed by atoms with van der Waals surface area (Å²) in [5.41, 5.74) is 2.59. The van der Waals surface area contributed by atoms with Gasteiger partial charge in [0.05, 0.1) is 6.10 Å². The summed E-state index contributed by atoms with van der Waals surface area (Å²) in [5.74, 6) is 3.24. The van der Waals surface area contributed by atoms with E-state index in [-0.39, 0.29) is 11.5 Å². The third kappa shape index (κ3) is 4.25. The van der Waals surface area contributed by atoms with Crippen LogP contribution in [0.15, 0.2) is 24.3 Å². The van der Waals surface area contributed by atoms with Gasteiger partial charge in [0.15, 0.2) is 0 Å². The number of rotatable bonds is 3. The summed E-state index contributed by atoms with van der Waals surface area (Å²) in [6.45, 7) is 6.66. The maximum absolute atomic E-state index is 10.4. The van der Waals surface area contributed by atoms with Crippen molar-refractivity contribution in [2.75, 3.05) is 11.5 Å². The van der Waals surface area contributed by atoms with E-state index < -0.39 is 0 Å². The first-order chi connectivity index (χ1) is 8.97. The molecule has 106 valence electrons. The van der Waals surface area contributed by atoms with E-state index >= 15 is 0 Å². The van der Waals surface area contributed by atoms with E-state index in [0.29, 0.717) is 5.92 Å². The normalized spacial score (nSPS) is 19.4. The predicted molar refractivity (Wildman–Crippen MR) is 84.8 cm³/mol. The van der Waals surface area contributed by atoms with Crippen molar-refractivity contribution in [3.8, 4) is 0 Å². The predicted octanol–water partition coefficient (Wildman–Crippen LogP) is 4.55. The van der Waals surface area contributed by atoms with Gasteiger partial charge in [0.2, 0.25) is 0 Å². The van der Waals surface area contributed by atoms with Gasteiger partial charge < -0.3 is 5.11 Å². The van der Waals surface area contributed by atoms with E-state index in [2.05, 4.69) is 45.0 Å². The van der Waals surface area contributed by atoms with E-state index in [0.717, 1.165) is 12.0 Å². The Morgan fingerprint density at radius 3 is 2.26 bits per heavy atom. The Balaban J connectivity index is 1.97. The molecule has 1 heterocycles. The van der Waals surface area contributed by atoms with Gasteiger partial charge in [0, 0.05) is 0 Å². The zero-order valence-electron chi connectivity index (χ0n) is 12.4. The monoisotopic (exact) mass is 278 g/mol. The van der Waals surface area contributed by atoms with Crippen LogP contribution in [-0.4, -0.2) is 16.6 Å². The molecular weight excluding hydrogens is 252 g/mol. The van der Waals surface area contributed by atoms with Crippen LogP contribution < -0.4 is 0 Å². The molecule has 1 aromatic carbocycles. The van der Waals surface area contributed by atoms with Crippen molar-refractivity contribution in [2.24, 2.45) is 5.92 Å². The fourth-order valence-electron chi connectivity index (χ4n) is 2.64. The van der Waals surface area contributed by atoms with Gasteiger partial charge in [-0.1, -0.05) is 45.0 Å². The molecule has 0 spiro atoms. The van der Waals surface area contributed by atoms with Crippen molar-refractivity contribution in [3.05, 3.63) is 35.4 Å². The number of benzene rings is 1. The Bertz CT molecular complexity index is 385. The van der Waals surface area contributed by atoms with E-state index in [1.165, 1.54) is 29.9 Å². The molecule has 19 heavy (non-hydrogen) atoms. The molecule has 1 saturated heterocycles. The van der Waals surface area contributed by atoms with Crippen LogP contribution in [0.25, 0.3) is 0 Å². The quantitative estimate of drug-likeness (QED) is 0.875. The molecule has 1 N–H and O–H groups in total. The lowest BCUT2D eigenvalue weighted by Gasteiger charge is -2.24. The molecule has 0 aromatic heterocycles. The van der Waals surface area contributed by atoms with E-state index in [1.54, 1.807) is 0 Å². The second kappa shape index (κ2) is 6.32. The lowest BCUT2D eigenvalue weighted by Crippen LogP contribution is -2.14. The second-order valence-corrected chi connectivity index (χ2v) is 7.90. The number of hydrogen-bond donors (Lipinski definition) is 1. The molecule has 1 aromatic rings. The van der Waals surface area contributed by atoms with Gasteiger partial charge in [-0.05, 0) is 53.2 Å². The van der Waals surface area contributed by atoms with Crippen molar-refractivity contribution >= 4 is 11.8 Å². The minimum atomic E-state index is -0.290. The zero-order chi connectivity index (χ0) is 13.9. The van der Waals surface area contributed by atoms with Crippen molar-refractivity contribution in [1.29, 1.82) is 0 Å². The van der Waals surface area contributed by atoms with E-state index in [1.807, 2.05) is 11.8 Å². The Morgan fingerprint density at radius 1 is 1.16 bits per heavy atom. The number of aliphatic hydroxyl groups is 1. The highest BCUT2D eigenvalue weighted by Crippen LogP contribution is 2.31. The maximum atomic E-state index is 10.4. The van der Waals surface area contributed by atoms with Crippen LogP contribution in [0.5, 0.6) is 0 Å². The first-order valence-corrected chi connectivity index (χ1v) is 8.48. The summed E-state index contributed by atoms with van der Waals surface area (Å²) in [5, 5.41) is 10.4. The maximum Gasteiger partial charge on any atom is 0.0792 e. The Hall–Kier alpha value is -0.470. The van der Waals surface area contributed by atoms with Crippen LogP contribution in [0.1, 0.15) is 57.3 Å². The highest BCUT2D eigenvalue weighted by molar-refractivity contribution is 7.99. The lowest BCUT2D eigenvalue weighted by molar-refractivity contribution is 0.141. The molecule has 1 nitrogen and oxygen atoms in total. The summed E-state index contributed by atoms with van der Waals surface area (Å²) in [6, 6.07) is 8.52. The third-order valence-electron chi connectivity index (χ3n) is 4.06. The second-order valence-electron chi connectivity index (χ2n) is 6.68. The molecule has 2 heteroatoms. The number of hydrogen-bond acceptors (Lipinski definition) is 2. The summed E-state index contributed by atoms with van der Waals surface area (Å²) < 4.78 is 0. The number of aliphatic hydroxyl groups excluding tert-OH is 1. The molecule has 0 bridgehead atoms. The van der Waals surface area contributed by atoms with Crippen molar-refractivity contribution in [2.45, 2.75) is 51.6 Å². The van der Waals surface area contributed by atoms with Gasteiger partial charge in [-0.25, -0.2) is 0 Å². The van der Waals surface area contributed by atoms with Crippen LogP contribution in [0.2, 0.25) is 0 Å². The van der Waals surface area contributed by atoms with Gasteiger partial charge in [-0.2, -0.15) is 11.8 Å². The van der Waals surface area contributed by atoms with Crippen LogP contribution in [0, 0.1) is 5.92 Å². The average molecular weight is 278 g/mol. The van der Waals surface area contributed by atoms with Gasteiger partial charge in [-0.3, -0.25) is 0 Å². The third-order valence-corrected chi connectivity index (χ3v) is 5.11. The van der Waals surface area contributed by atoms with Gasteiger partial charge in [0.1, 0.15) is 0 Å². The van der Waals surface area contributed by atoms with E-state index in [4.69, 9.17) is 0 Å². The molecule has 1 unspecified atom stereocenters. The largest absolute Gasteiger partial charge is 0.388 e. The Kier molecular flexibility index (Phi) is 4.97. The Morgan fingerprint density at radius 2 is 1.74 bits per heavy atom. The zero-order valence-corrected chi connectivity index (χ0v) is 13.2. The summed E-state index contributed by atoms with van der Waals surface area (Å²) in [4.78, 5) is 0. The average Bonchev–Trinajstić information content (AvgIpc) is 2.39. The molecule has 2 rings (SSSR count). The topological polar surface area (TPSA) is 20.2 Å². The fourth-order valence-corrected chi connectivity index (χ4v) is 3.84. The molecule has 0 aliphatic carbocycles. The lowest BCUT2D eigenvalue weighted by atomic mass is 9.85. The highest BCUT2D eigenvalue weighted by atomic mass is 32.2. The van der Waals surface area contributed by atoms with Crippen molar-refractivity contribution in [3.63, 3.8) is 0 Å². The van der Waals surface area contributed by atoms with Crippen LogP contribution in [0.4, 0.5) is 0 Å². The van der Waals surface area contributed by atoms with Gasteiger partial charge in [0.25, 0.3) is 0 Å². The van der Waals surface area contributed by atoms with Crippen LogP contribution >= 0.6 is 11.8 Å². The van der Waals surface area contributed by atoms with E-state index in [9.17, 15) is 5.11 Å². The molecule has 1 aliphatic heterocycles. The van der Waals surface area contributed by atoms with Crippen molar-refractivity contribution in [1.82, 2.24) is 0 Å². The van der Waals surface area contributed by atoms with Gasteiger partial charge >= 0.3 is 0 Å². The van der Waals surface area contributed by atoms with Gasteiger partial charge in [-0.15, -0.1) is 0 Å². The molecule has 1 aliphatic rings. The Labute approximate surface area is 121 Å². The first-order valence-electron chi connectivity index (χ1n) is 7.33. The SMILES string of the molecule is CC(C)(C)c1ccc(C(O)CC2CCSCC2)cc1. The number of thioether (sulfide) groups is 1. The molecular formula is C17H26OS.